The molecule has 1 unspecified atom stereocenters. The molecule has 4 heteroatoms. The van der Waals surface area contributed by atoms with Crippen LogP contribution in [-0.2, 0) is 0 Å². The Morgan fingerprint density at radius 3 is 2.79 bits per heavy atom. The third-order valence-electron chi connectivity index (χ3n) is 2.98. The second-order valence-corrected chi connectivity index (χ2v) is 5.21. The lowest BCUT2D eigenvalue weighted by atomic mass is 10.0. The predicted molar refractivity (Wildman–Crippen MR) is 77.7 cm³/mol. The number of nitrogens with zero attached hydrogens (tertiary/aromatic N) is 2. The Hall–Kier alpha value is -1.78. The first kappa shape index (κ1) is 12.3. The van der Waals surface area contributed by atoms with Crippen molar-refractivity contribution in [2.75, 3.05) is 0 Å². The highest BCUT2D eigenvalue weighted by Crippen LogP contribution is 2.25. The van der Waals surface area contributed by atoms with Crippen molar-refractivity contribution in [1.29, 1.82) is 0 Å². The van der Waals surface area contributed by atoms with E-state index in [-0.39, 0.29) is 0 Å². The number of hydrogen-bond donors (Lipinski definition) is 1. The maximum absolute atomic E-state index is 10.4. The monoisotopic (exact) mass is 314 g/mol. The van der Waals surface area contributed by atoms with Crippen molar-refractivity contribution in [2.45, 2.75) is 6.10 Å². The molecule has 1 aromatic carbocycles. The summed E-state index contributed by atoms with van der Waals surface area (Å²) in [6.45, 7) is 0. The lowest BCUT2D eigenvalue weighted by molar-refractivity contribution is 0.220. The Kier molecular flexibility index (Phi) is 3.27. The molecule has 0 aliphatic heterocycles. The average Bonchev–Trinajstić information content (AvgIpc) is 2.46. The molecule has 94 valence electrons. The largest absolute Gasteiger partial charge is 0.384 e. The van der Waals surface area contributed by atoms with E-state index in [9.17, 15) is 5.11 Å². The zero-order valence-corrected chi connectivity index (χ0v) is 11.6. The van der Waals surface area contributed by atoms with E-state index in [4.69, 9.17) is 0 Å². The van der Waals surface area contributed by atoms with Crippen LogP contribution in [-0.4, -0.2) is 15.1 Å². The Labute approximate surface area is 119 Å². The van der Waals surface area contributed by atoms with Crippen molar-refractivity contribution < 1.29 is 5.11 Å². The van der Waals surface area contributed by atoms with Gasteiger partial charge in [0.25, 0.3) is 0 Å². The van der Waals surface area contributed by atoms with E-state index in [2.05, 4.69) is 25.9 Å². The van der Waals surface area contributed by atoms with E-state index in [0.29, 0.717) is 0 Å². The summed E-state index contributed by atoms with van der Waals surface area (Å²) >= 11 is 3.36. The van der Waals surface area contributed by atoms with Crippen LogP contribution in [0.15, 0.2) is 59.5 Å². The molecule has 0 aliphatic carbocycles. The van der Waals surface area contributed by atoms with E-state index < -0.39 is 6.10 Å². The molecule has 0 aliphatic rings. The summed E-state index contributed by atoms with van der Waals surface area (Å²) in [6, 6.07) is 11.5. The number of fused-ring (bicyclic) bond motifs is 1. The van der Waals surface area contributed by atoms with Gasteiger partial charge in [-0.25, -0.2) is 0 Å². The van der Waals surface area contributed by atoms with Crippen LogP contribution in [0.4, 0.5) is 0 Å². The highest BCUT2D eigenvalue weighted by atomic mass is 79.9. The van der Waals surface area contributed by atoms with Gasteiger partial charge in [0.05, 0.1) is 5.52 Å². The minimum absolute atomic E-state index is 0.686. The first-order valence-corrected chi connectivity index (χ1v) is 6.66. The minimum atomic E-state index is -0.686. The van der Waals surface area contributed by atoms with Gasteiger partial charge in [0.2, 0.25) is 0 Å². The molecule has 0 radical (unpaired) electrons. The number of halogens is 1. The van der Waals surface area contributed by atoms with Crippen LogP contribution in [0.1, 0.15) is 17.2 Å². The van der Waals surface area contributed by atoms with Crippen LogP contribution in [0.2, 0.25) is 0 Å². The van der Waals surface area contributed by atoms with E-state index in [1.165, 1.54) is 0 Å². The Morgan fingerprint density at radius 1 is 1.05 bits per heavy atom. The van der Waals surface area contributed by atoms with Crippen molar-refractivity contribution >= 4 is 26.8 Å². The number of aliphatic hydroxyl groups is 1. The molecule has 3 nitrogen and oxygen atoms in total. The molecular formula is C15H11BrN2O. The van der Waals surface area contributed by atoms with Gasteiger partial charge in [-0.1, -0.05) is 12.1 Å². The molecule has 0 amide bonds. The first-order valence-electron chi connectivity index (χ1n) is 5.87. The summed E-state index contributed by atoms with van der Waals surface area (Å²) in [5.41, 5.74) is 2.52. The van der Waals surface area contributed by atoms with E-state index >= 15 is 0 Å². The number of benzene rings is 1. The van der Waals surface area contributed by atoms with Crippen LogP contribution < -0.4 is 0 Å². The summed E-state index contributed by atoms with van der Waals surface area (Å²) in [5.74, 6) is 0. The number of aliphatic hydroxyl groups excluding tert-OH is 1. The van der Waals surface area contributed by atoms with Crippen LogP contribution in [0.5, 0.6) is 0 Å². The summed E-state index contributed by atoms with van der Waals surface area (Å²) in [6.07, 6.45) is 4.44. The number of pyridine rings is 2. The standard InChI is InChI=1S/C15H11BrN2O/c16-13-7-12(8-17-9-13)15(19)11-3-4-14-10(6-11)2-1-5-18-14/h1-9,15,19H. The van der Waals surface area contributed by atoms with Crippen LogP contribution in [0.3, 0.4) is 0 Å². The summed E-state index contributed by atoms with van der Waals surface area (Å²) in [4.78, 5) is 8.34. The Bertz CT molecular complexity index is 730. The van der Waals surface area contributed by atoms with Crippen molar-refractivity contribution in [3.63, 3.8) is 0 Å². The van der Waals surface area contributed by atoms with Crippen LogP contribution >= 0.6 is 15.9 Å². The quantitative estimate of drug-likeness (QED) is 0.787. The molecule has 3 aromatic rings. The number of aromatic nitrogens is 2. The van der Waals surface area contributed by atoms with E-state index in [0.717, 1.165) is 26.5 Å². The fourth-order valence-electron chi connectivity index (χ4n) is 2.03. The van der Waals surface area contributed by atoms with Crippen LogP contribution in [0, 0.1) is 0 Å². The summed E-state index contributed by atoms with van der Waals surface area (Å²) in [5, 5.41) is 11.4. The van der Waals surface area contributed by atoms with Crippen molar-refractivity contribution in [1.82, 2.24) is 9.97 Å². The van der Waals surface area contributed by atoms with Gasteiger partial charge >= 0.3 is 0 Å². The van der Waals surface area contributed by atoms with Crippen molar-refractivity contribution in [2.24, 2.45) is 0 Å². The number of rotatable bonds is 2. The third-order valence-corrected chi connectivity index (χ3v) is 3.42. The molecule has 3 rings (SSSR count). The summed E-state index contributed by atoms with van der Waals surface area (Å²) < 4.78 is 0.853. The fourth-order valence-corrected chi connectivity index (χ4v) is 2.42. The maximum Gasteiger partial charge on any atom is 0.106 e. The van der Waals surface area contributed by atoms with Gasteiger partial charge in [0.1, 0.15) is 6.10 Å². The molecule has 1 N–H and O–H groups in total. The van der Waals surface area contributed by atoms with E-state index in [1.54, 1.807) is 18.6 Å². The molecule has 0 fully saturated rings. The van der Waals surface area contributed by atoms with Crippen molar-refractivity contribution in [3.05, 3.63) is 70.6 Å². The van der Waals surface area contributed by atoms with E-state index in [1.807, 2.05) is 36.4 Å². The Morgan fingerprint density at radius 2 is 1.95 bits per heavy atom. The number of hydrogen-bond acceptors (Lipinski definition) is 3. The molecule has 2 heterocycles. The topological polar surface area (TPSA) is 46.0 Å². The zero-order chi connectivity index (χ0) is 13.2. The lowest BCUT2D eigenvalue weighted by Gasteiger charge is -2.12. The molecular weight excluding hydrogens is 304 g/mol. The molecule has 2 aromatic heterocycles. The first-order chi connectivity index (χ1) is 9.24. The minimum Gasteiger partial charge on any atom is -0.384 e. The molecule has 0 saturated carbocycles. The maximum atomic E-state index is 10.4. The fraction of sp³-hybridized carbons (Fsp3) is 0.0667. The third kappa shape index (κ3) is 2.50. The van der Waals surface area contributed by atoms with Gasteiger partial charge in [0.15, 0.2) is 0 Å². The lowest BCUT2D eigenvalue weighted by Crippen LogP contribution is -2.00. The average molecular weight is 315 g/mol. The second-order valence-electron chi connectivity index (χ2n) is 4.29. The van der Waals surface area contributed by atoms with Crippen molar-refractivity contribution in [3.8, 4) is 0 Å². The van der Waals surface area contributed by atoms with Gasteiger partial charge in [0, 0.05) is 34.0 Å². The van der Waals surface area contributed by atoms with Gasteiger partial charge in [-0.15, -0.1) is 0 Å². The van der Waals surface area contributed by atoms with Gasteiger partial charge in [-0.05, 0) is 45.8 Å². The zero-order valence-electron chi connectivity index (χ0n) is 9.99. The molecule has 1 atom stereocenters. The molecule has 19 heavy (non-hydrogen) atoms. The summed E-state index contributed by atoms with van der Waals surface area (Å²) in [7, 11) is 0. The smallest absolute Gasteiger partial charge is 0.106 e. The highest BCUT2D eigenvalue weighted by molar-refractivity contribution is 9.10. The predicted octanol–water partition coefficient (Wildman–Crippen LogP) is 3.47. The SMILES string of the molecule is OC(c1cncc(Br)c1)c1ccc2ncccc2c1. The van der Waals surface area contributed by atoms with Crippen LogP contribution in [0.25, 0.3) is 10.9 Å². The van der Waals surface area contributed by atoms with Gasteiger partial charge in [-0.2, -0.15) is 0 Å². The van der Waals surface area contributed by atoms with Gasteiger partial charge < -0.3 is 5.11 Å². The highest BCUT2D eigenvalue weighted by Gasteiger charge is 2.11. The Balaban J connectivity index is 2.04. The molecule has 0 spiro atoms. The normalized spacial score (nSPS) is 12.5. The molecule has 0 saturated heterocycles. The van der Waals surface area contributed by atoms with Gasteiger partial charge in [-0.3, -0.25) is 9.97 Å². The second kappa shape index (κ2) is 5.07. The molecule has 0 bridgehead atoms.